The average Bonchev–Trinajstić information content (AvgIpc) is 3.09. The smallest absolute Gasteiger partial charge is 0.159 e. The minimum Gasteiger partial charge on any atom is -0.345 e. The van der Waals surface area contributed by atoms with Crippen LogP contribution in [0.4, 0.5) is 0 Å². The number of carbonyl (C=O) groups is 1. The van der Waals surface area contributed by atoms with E-state index in [4.69, 9.17) is 4.74 Å². The number of rotatable bonds is 3. The molecule has 0 radical (unpaired) electrons. The first-order valence-electron chi connectivity index (χ1n) is 6.00. The molecule has 2 nitrogen and oxygen atoms in total. The van der Waals surface area contributed by atoms with Crippen molar-refractivity contribution in [3.63, 3.8) is 0 Å². The molecule has 0 aromatic heterocycles. The zero-order chi connectivity index (χ0) is 12.6. The molecule has 1 saturated heterocycles. The molecule has 1 heterocycles. The van der Waals surface area contributed by atoms with Gasteiger partial charge in [-0.2, -0.15) is 0 Å². The predicted molar refractivity (Wildman–Crippen MR) is 69.2 cm³/mol. The number of ether oxygens (including phenoxy) is 1. The lowest BCUT2D eigenvalue weighted by Crippen LogP contribution is -2.23. The first kappa shape index (κ1) is 11.2. The molecule has 0 aliphatic carbocycles. The van der Waals surface area contributed by atoms with Gasteiger partial charge in [0.1, 0.15) is 0 Å². The number of aldehydes is 1. The maximum absolute atomic E-state index is 11.3. The highest BCUT2D eigenvalue weighted by Gasteiger charge is 2.69. The zero-order valence-corrected chi connectivity index (χ0v) is 10.2. The molecule has 90 valence electrons. The second kappa shape index (κ2) is 3.79. The van der Waals surface area contributed by atoms with Gasteiger partial charge < -0.3 is 4.74 Å². The van der Waals surface area contributed by atoms with E-state index < -0.39 is 11.2 Å². The third-order valence-electron chi connectivity index (χ3n) is 3.61. The molecule has 0 amide bonds. The Morgan fingerprint density at radius 2 is 1.33 bits per heavy atom. The molecule has 0 spiro atoms. The average molecular weight is 238 g/mol. The number of carbonyl (C=O) groups excluding carboxylic acids is 1. The van der Waals surface area contributed by atoms with Crippen LogP contribution in [0, 0.1) is 0 Å². The summed E-state index contributed by atoms with van der Waals surface area (Å²) in [5.74, 6) is 0. The molecule has 1 atom stereocenters. The van der Waals surface area contributed by atoms with Crippen molar-refractivity contribution in [2.75, 3.05) is 0 Å². The maximum Gasteiger partial charge on any atom is 0.159 e. The van der Waals surface area contributed by atoms with E-state index in [-0.39, 0.29) is 0 Å². The lowest BCUT2D eigenvalue weighted by Gasteiger charge is -2.15. The van der Waals surface area contributed by atoms with Crippen LogP contribution in [0.25, 0.3) is 0 Å². The Balaban J connectivity index is 2.17. The van der Waals surface area contributed by atoms with Gasteiger partial charge in [-0.1, -0.05) is 60.7 Å². The van der Waals surface area contributed by atoms with E-state index in [9.17, 15) is 4.79 Å². The summed E-state index contributed by atoms with van der Waals surface area (Å²) < 4.78 is 5.85. The van der Waals surface area contributed by atoms with E-state index in [1.807, 2.05) is 67.6 Å². The van der Waals surface area contributed by atoms with Crippen molar-refractivity contribution >= 4 is 6.29 Å². The molecule has 0 bridgehead atoms. The van der Waals surface area contributed by atoms with E-state index in [0.29, 0.717) is 0 Å². The van der Waals surface area contributed by atoms with Crippen LogP contribution in [0.15, 0.2) is 60.7 Å². The lowest BCUT2D eigenvalue weighted by molar-refractivity contribution is -0.111. The Hall–Kier alpha value is -1.93. The molecule has 2 heteroatoms. The summed E-state index contributed by atoms with van der Waals surface area (Å²) >= 11 is 0. The second-order valence-corrected chi connectivity index (χ2v) is 4.74. The molecule has 0 N–H and O–H groups in total. The highest BCUT2D eigenvalue weighted by atomic mass is 16.6. The number of epoxide rings is 1. The van der Waals surface area contributed by atoms with Gasteiger partial charge in [-0.05, 0) is 18.1 Å². The third kappa shape index (κ3) is 1.36. The summed E-state index contributed by atoms with van der Waals surface area (Å²) in [7, 11) is 0. The second-order valence-electron chi connectivity index (χ2n) is 4.74. The summed E-state index contributed by atoms with van der Waals surface area (Å²) in [6, 6.07) is 19.8. The van der Waals surface area contributed by atoms with Crippen molar-refractivity contribution < 1.29 is 9.53 Å². The number of hydrogen-bond donors (Lipinski definition) is 0. The molecule has 3 rings (SSSR count). The van der Waals surface area contributed by atoms with Gasteiger partial charge in [0.25, 0.3) is 0 Å². The molecule has 2 aromatic rings. The zero-order valence-electron chi connectivity index (χ0n) is 10.2. The van der Waals surface area contributed by atoms with E-state index in [1.54, 1.807) is 0 Å². The Kier molecular flexibility index (Phi) is 2.35. The Morgan fingerprint density at radius 1 is 0.889 bits per heavy atom. The Morgan fingerprint density at radius 3 is 1.67 bits per heavy atom. The van der Waals surface area contributed by atoms with Gasteiger partial charge in [0.05, 0.1) is 0 Å². The van der Waals surface area contributed by atoms with Crippen molar-refractivity contribution in [2.45, 2.75) is 18.1 Å². The van der Waals surface area contributed by atoms with Gasteiger partial charge in [0.2, 0.25) is 0 Å². The summed E-state index contributed by atoms with van der Waals surface area (Å²) in [4.78, 5) is 11.3. The van der Waals surface area contributed by atoms with E-state index in [1.165, 1.54) is 0 Å². The Labute approximate surface area is 106 Å². The fourth-order valence-electron chi connectivity index (χ4n) is 2.60. The lowest BCUT2D eigenvalue weighted by atomic mass is 9.82. The molecule has 1 fully saturated rings. The molecule has 0 saturated carbocycles. The van der Waals surface area contributed by atoms with E-state index >= 15 is 0 Å². The molecule has 18 heavy (non-hydrogen) atoms. The van der Waals surface area contributed by atoms with Gasteiger partial charge in [0.15, 0.2) is 17.5 Å². The number of benzene rings is 2. The van der Waals surface area contributed by atoms with Crippen molar-refractivity contribution in [2.24, 2.45) is 0 Å². The Bertz CT molecular complexity index is 523. The summed E-state index contributed by atoms with van der Waals surface area (Å²) in [6.45, 7) is 1.83. The number of hydrogen-bond acceptors (Lipinski definition) is 2. The fraction of sp³-hybridized carbons (Fsp3) is 0.188. The van der Waals surface area contributed by atoms with Crippen molar-refractivity contribution in [3.8, 4) is 0 Å². The normalized spacial score (nSPS) is 24.5. The first-order valence-corrected chi connectivity index (χ1v) is 6.00. The SMILES string of the molecule is C[C@@]1(C=O)OC1(c1ccccc1)c1ccccc1. The van der Waals surface area contributed by atoms with Gasteiger partial charge in [-0.15, -0.1) is 0 Å². The summed E-state index contributed by atoms with van der Waals surface area (Å²) in [6.07, 6.45) is 0.896. The third-order valence-corrected chi connectivity index (χ3v) is 3.61. The first-order chi connectivity index (χ1) is 8.73. The highest BCUT2D eigenvalue weighted by molar-refractivity contribution is 5.73. The monoisotopic (exact) mass is 238 g/mol. The largest absolute Gasteiger partial charge is 0.345 e. The van der Waals surface area contributed by atoms with Crippen LogP contribution in [0.1, 0.15) is 18.1 Å². The van der Waals surface area contributed by atoms with Crippen LogP contribution >= 0.6 is 0 Å². The van der Waals surface area contributed by atoms with Gasteiger partial charge in [-0.3, -0.25) is 4.79 Å². The minimum absolute atomic E-state index is 0.628. The van der Waals surface area contributed by atoms with Crippen LogP contribution in [-0.2, 0) is 15.1 Å². The summed E-state index contributed by atoms with van der Waals surface area (Å²) in [5.41, 5.74) is 0.643. The molecular formula is C16H14O2. The van der Waals surface area contributed by atoms with Crippen molar-refractivity contribution in [1.82, 2.24) is 0 Å². The summed E-state index contributed by atoms with van der Waals surface area (Å²) in [5, 5.41) is 0. The van der Waals surface area contributed by atoms with Crippen LogP contribution in [0.5, 0.6) is 0 Å². The highest BCUT2D eigenvalue weighted by Crippen LogP contribution is 2.58. The maximum atomic E-state index is 11.3. The van der Waals surface area contributed by atoms with Crippen LogP contribution in [0.2, 0.25) is 0 Å². The van der Waals surface area contributed by atoms with Gasteiger partial charge in [-0.25, -0.2) is 0 Å². The molecule has 1 aliphatic heterocycles. The van der Waals surface area contributed by atoms with Crippen LogP contribution < -0.4 is 0 Å². The van der Waals surface area contributed by atoms with Gasteiger partial charge >= 0.3 is 0 Å². The van der Waals surface area contributed by atoms with Crippen molar-refractivity contribution in [3.05, 3.63) is 71.8 Å². The molecule has 1 aliphatic rings. The fourth-order valence-corrected chi connectivity index (χ4v) is 2.60. The minimum atomic E-state index is -0.768. The quantitative estimate of drug-likeness (QED) is 0.608. The van der Waals surface area contributed by atoms with E-state index in [0.717, 1.165) is 17.4 Å². The van der Waals surface area contributed by atoms with Crippen molar-refractivity contribution in [1.29, 1.82) is 0 Å². The van der Waals surface area contributed by atoms with Crippen LogP contribution in [-0.4, -0.2) is 11.9 Å². The molecular weight excluding hydrogens is 224 g/mol. The molecule has 0 unspecified atom stereocenters. The van der Waals surface area contributed by atoms with Crippen LogP contribution in [0.3, 0.4) is 0 Å². The predicted octanol–water partition coefficient (Wildman–Crippen LogP) is 2.92. The molecule has 2 aromatic carbocycles. The van der Waals surface area contributed by atoms with Gasteiger partial charge in [0, 0.05) is 0 Å². The standard InChI is InChI=1S/C16H14O2/c1-15(12-17)16(18-15,13-8-4-2-5-9-13)14-10-6-3-7-11-14/h2-12H,1H3/t15-/m0/s1. The topological polar surface area (TPSA) is 29.6 Å². The van der Waals surface area contributed by atoms with E-state index in [2.05, 4.69) is 0 Å².